The van der Waals surface area contributed by atoms with Crippen molar-refractivity contribution in [2.45, 2.75) is 19.4 Å². The van der Waals surface area contributed by atoms with E-state index in [1.807, 2.05) is 17.5 Å². The SMILES string of the molecule is O=C(NCc1cccs1)Nc1cc(F)c(N2CCCC2)c(F)c1. The Morgan fingerprint density at radius 2 is 1.91 bits per heavy atom. The van der Waals surface area contributed by atoms with Crippen LogP contribution >= 0.6 is 11.3 Å². The molecule has 0 bridgehead atoms. The Balaban J connectivity index is 1.64. The van der Waals surface area contributed by atoms with E-state index in [9.17, 15) is 13.6 Å². The Bertz CT molecular complexity index is 662. The molecule has 7 heteroatoms. The summed E-state index contributed by atoms with van der Waals surface area (Å²) >= 11 is 1.52. The van der Waals surface area contributed by atoms with Crippen LogP contribution in [0.3, 0.4) is 0 Å². The minimum Gasteiger partial charge on any atom is -0.367 e. The lowest BCUT2D eigenvalue weighted by Crippen LogP contribution is -2.28. The second kappa shape index (κ2) is 6.95. The first-order chi connectivity index (χ1) is 11.1. The van der Waals surface area contributed by atoms with Crippen LogP contribution in [0.1, 0.15) is 17.7 Å². The van der Waals surface area contributed by atoms with Crippen LogP contribution in [0.15, 0.2) is 29.6 Å². The predicted octanol–water partition coefficient (Wildman–Crippen LogP) is 3.95. The Kier molecular flexibility index (Phi) is 4.76. The van der Waals surface area contributed by atoms with Gasteiger partial charge in [-0.3, -0.25) is 0 Å². The number of benzene rings is 1. The van der Waals surface area contributed by atoms with Gasteiger partial charge in [-0.05, 0) is 36.4 Å². The van der Waals surface area contributed by atoms with Gasteiger partial charge in [-0.15, -0.1) is 11.3 Å². The third kappa shape index (κ3) is 3.79. The quantitative estimate of drug-likeness (QED) is 0.887. The summed E-state index contributed by atoms with van der Waals surface area (Å²) in [4.78, 5) is 14.5. The monoisotopic (exact) mass is 337 g/mol. The van der Waals surface area contributed by atoms with E-state index in [2.05, 4.69) is 10.6 Å². The summed E-state index contributed by atoms with van der Waals surface area (Å²) in [7, 11) is 0. The second-order valence-electron chi connectivity index (χ2n) is 5.37. The molecule has 0 aliphatic carbocycles. The van der Waals surface area contributed by atoms with Crippen molar-refractivity contribution < 1.29 is 13.6 Å². The summed E-state index contributed by atoms with van der Waals surface area (Å²) in [5.41, 5.74) is 0.0960. The average Bonchev–Trinajstić information content (AvgIpc) is 3.18. The van der Waals surface area contributed by atoms with Gasteiger partial charge < -0.3 is 15.5 Å². The summed E-state index contributed by atoms with van der Waals surface area (Å²) in [6.45, 7) is 1.68. The number of carbonyl (C=O) groups excluding carboxylic acids is 1. The van der Waals surface area contributed by atoms with Crippen LogP contribution in [0.25, 0.3) is 0 Å². The van der Waals surface area contributed by atoms with Crippen molar-refractivity contribution >= 4 is 28.7 Å². The van der Waals surface area contributed by atoms with Gasteiger partial charge in [-0.2, -0.15) is 0 Å². The van der Waals surface area contributed by atoms with Gasteiger partial charge in [0.25, 0.3) is 0 Å². The van der Waals surface area contributed by atoms with Gasteiger partial charge >= 0.3 is 6.03 Å². The minimum absolute atomic E-state index is 0.00737. The minimum atomic E-state index is -0.652. The molecule has 2 amide bonds. The lowest BCUT2D eigenvalue weighted by atomic mass is 10.2. The number of anilines is 2. The van der Waals surface area contributed by atoms with Gasteiger partial charge in [0.2, 0.25) is 0 Å². The first kappa shape index (κ1) is 15.7. The molecule has 2 heterocycles. The standard InChI is InChI=1S/C16H17F2N3OS/c17-13-8-11(9-14(18)15(13)21-5-1-2-6-21)20-16(22)19-10-12-4-3-7-23-12/h3-4,7-9H,1-2,5-6,10H2,(H2,19,20,22). The van der Waals surface area contributed by atoms with E-state index in [-0.39, 0.29) is 11.4 Å². The number of nitrogens with zero attached hydrogens (tertiary/aromatic N) is 1. The number of hydrogen-bond acceptors (Lipinski definition) is 3. The summed E-state index contributed by atoms with van der Waals surface area (Å²) < 4.78 is 28.3. The maximum absolute atomic E-state index is 14.2. The molecule has 23 heavy (non-hydrogen) atoms. The smallest absolute Gasteiger partial charge is 0.319 e. The van der Waals surface area contributed by atoms with Crippen molar-refractivity contribution in [3.8, 4) is 0 Å². The molecule has 2 aromatic rings. The van der Waals surface area contributed by atoms with Crippen LogP contribution in [0, 0.1) is 11.6 Å². The van der Waals surface area contributed by atoms with Gasteiger partial charge in [0.15, 0.2) is 11.6 Å². The topological polar surface area (TPSA) is 44.4 Å². The highest BCUT2D eigenvalue weighted by atomic mass is 32.1. The number of halogens is 2. The van der Waals surface area contributed by atoms with Crippen molar-refractivity contribution in [2.75, 3.05) is 23.3 Å². The van der Waals surface area contributed by atoms with Crippen LogP contribution in [-0.2, 0) is 6.54 Å². The summed E-state index contributed by atoms with van der Waals surface area (Å²) in [5, 5.41) is 7.02. The Morgan fingerprint density at radius 3 is 2.52 bits per heavy atom. The highest BCUT2D eigenvalue weighted by molar-refractivity contribution is 7.09. The summed E-state index contributed by atoms with van der Waals surface area (Å²) in [5.74, 6) is -1.30. The molecular formula is C16H17F2N3OS. The Hall–Kier alpha value is -2.15. The molecular weight excluding hydrogens is 320 g/mol. The zero-order chi connectivity index (χ0) is 16.2. The molecule has 1 aliphatic rings. The molecule has 122 valence electrons. The van der Waals surface area contributed by atoms with E-state index < -0.39 is 17.7 Å². The Morgan fingerprint density at radius 1 is 1.22 bits per heavy atom. The van der Waals surface area contributed by atoms with E-state index in [1.54, 1.807) is 4.90 Å². The van der Waals surface area contributed by atoms with Crippen LogP contribution in [0.5, 0.6) is 0 Å². The van der Waals surface area contributed by atoms with Crippen molar-refractivity contribution in [3.05, 3.63) is 46.2 Å². The first-order valence-corrected chi connectivity index (χ1v) is 8.32. The van der Waals surface area contributed by atoms with Crippen molar-refractivity contribution in [1.82, 2.24) is 5.32 Å². The van der Waals surface area contributed by atoms with E-state index in [4.69, 9.17) is 0 Å². The second-order valence-corrected chi connectivity index (χ2v) is 6.40. The number of amides is 2. The normalized spacial score (nSPS) is 14.1. The molecule has 1 aromatic carbocycles. The Labute approximate surface area is 137 Å². The van der Waals surface area contributed by atoms with E-state index >= 15 is 0 Å². The fourth-order valence-corrected chi connectivity index (χ4v) is 3.28. The number of thiophene rings is 1. The molecule has 3 rings (SSSR count). The molecule has 1 aromatic heterocycles. The molecule has 1 aliphatic heterocycles. The molecule has 0 saturated carbocycles. The lowest BCUT2D eigenvalue weighted by Gasteiger charge is -2.19. The fraction of sp³-hybridized carbons (Fsp3) is 0.312. The highest BCUT2D eigenvalue weighted by Crippen LogP contribution is 2.29. The van der Waals surface area contributed by atoms with Gasteiger partial charge in [0.05, 0.1) is 6.54 Å². The molecule has 1 fully saturated rings. The number of nitrogens with one attached hydrogen (secondary N) is 2. The highest BCUT2D eigenvalue weighted by Gasteiger charge is 2.21. The maximum Gasteiger partial charge on any atom is 0.319 e. The van der Waals surface area contributed by atoms with Gasteiger partial charge in [0.1, 0.15) is 5.69 Å². The number of rotatable bonds is 4. The summed E-state index contributed by atoms with van der Waals surface area (Å²) in [6, 6.07) is 5.60. The van der Waals surface area contributed by atoms with Gasteiger partial charge in [0, 0.05) is 23.7 Å². The van der Waals surface area contributed by atoms with Crippen LogP contribution < -0.4 is 15.5 Å². The zero-order valence-electron chi connectivity index (χ0n) is 12.4. The summed E-state index contributed by atoms with van der Waals surface area (Å²) in [6.07, 6.45) is 1.87. The zero-order valence-corrected chi connectivity index (χ0v) is 13.3. The number of urea groups is 1. The van der Waals surface area contributed by atoms with Gasteiger partial charge in [-0.25, -0.2) is 13.6 Å². The van der Waals surface area contributed by atoms with E-state index in [0.29, 0.717) is 19.6 Å². The van der Waals surface area contributed by atoms with Crippen molar-refractivity contribution in [1.29, 1.82) is 0 Å². The van der Waals surface area contributed by atoms with Crippen molar-refractivity contribution in [3.63, 3.8) is 0 Å². The largest absolute Gasteiger partial charge is 0.367 e. The number of hydrogen-bond donors (Lipinski definition) is 2. The lowest BCUT2D eigenvalue weighted by molar-refractivity contribution is 0.252. The van der Waals surface area contributed by atoms with Crippen LogP contribution in [0.4, 0.5) is 25.0 Å². The molecule has 0 spiro atoms. The van der Waals surface area contributed by atoms with Crippen LogP contribution in [0.2, 0.25) is 0 Å². The fourth-order valence-electron chi connectivity index (χ4n) is 2.64. The number of carbonyl (C=O) groups is 1. The molecule has 0 radical (unpaired) electrons. The molecule has 0 unspecified atom stereocenters. The first-order valence-electron chi connectivity index (χ1n) is 7.45. The van der Waals surface area contributed by atoms with Crippen LogP contribution in [-0.4, -0.2) is 19.1 Å². The third-order valence-corrected chi connectivity index (χ3v) is 4.58. The van der Waals surface area contributed by atoms with E-state index in [1.165, 1.54) is 11.3 Å². The maximum atomic E-state index is 14.2. The average molecular weight is 337 g/mol. The van der Waals surface area contributed by atoms with E-state index in [0.717, 1.165) is 29.9 Å². The molecule has 0 atom stereocenters. The third-order valence-electron chi connectivity index (χ3n) is 3.70. The van der Waals surface area contributed by atoms with Gasteiger partial charge in [-0.1, -0.05) is 6.07 Å². The molecule has 4 nitrogen and oxygen atoms in total. The molecule has 2 N–H and O–H groups in total. The molecule has 1 saturated heterocycles. The predicted molar refractivity (Wildman–Crippen MR) is 88.0 cm³/mol. The van der Waals surface area contributed by atoms with Crippen molar-refractivity contribution in [2.24, 2.45) is 0 Å².